The average molecular weight is 410 g/mol. The molecule has 0 aliphatic carbocycles. The van der Waals surface area contributed by atoms with E-state index in [2.05, 4.69) is 40.7 Å². The number of anilines is 1. The summed E-state index contributed by atoms with van der Waals surface area (Å²) >= 11 is 0. The number of hydrogen-bond acceptors (Lipinski definition) is 3. The van der Waals surface area contributed by atoms with Crippen LogP contribution in [0.1, 0.15) is 31.7 Å². The van der Waals surface area contributed by atoms with Crippen LogP contribution >= 0.6 is 24.8 Å². The van der Waals surface area contributed by atoms with Crippen molar-refractivity contribution in [3.8, 4) is 11.1 Å². The zero-order chi connectivity index (χ0) is 17.6. The third-order valence-corrected chi connectivity index (χ3v) is 5.17. The highest BCUT2D eigenvalue weighted by atomic mass is 35.5. The Balaban J connectivity index is 0.00000182. The van der Waals surface area contributed by atoms with E-state index in [0.717, 1.165) is 35.5 Å². The molecule has 2 atom stereocenters. The van der Waals surface area contributed by atoms with Crippen molar-refractivity contribution >= 4 is 36.4 Å². The summed E-state index contributed by atoms with van der Waals surface area (Å²) in [5.41, 5.74) is 4.17. The lowest BCUT2D eigenvalue weighted by Crippen LogP contribution is -2.34. The van der Waals surface area contributed by atoms with Crippen molar-refractivity contribution in [1.29, 1.82) is 0 Å². The monoisotopic (exact) mass is 409 g/mol. The summed E-state index contributed by atoms with van der Waals surface area (Å²) in [6.45, 7) is 6.36. The quantitative estimate of drug-likeness (QED) is 0.740. The number of nitrogens with one attached hydrogen (secondary N) is 2. The topological polar surface area (TPSA) is 54.0 Å². The van der Waals surface area contributed by atoms with Crippen LogP contribution in [-0.2, 0) is 4.79 Å². The molecule has 6 heteroatoms. The number of pyridine rings is 1. The standard InChI is InChI=1S/C21H27N3O.2ClH/c1-15-5-6-18(17-7-10-22-11-8-17)13-20(15)24-21(25)12-16(2)19-4-3-9-23-14-19;;/h5-8,10-11,13,16,19,23H,3-4,9,12,14H2,1-2H3,(H,24,25);2*1H. The number of aryl methyl sites for hydroxylation is 1. The van der Waals surface area contributed by atoms with E-state index in [-0.39, 0.29) is 30.7 Å². The smallest absolute Gasteiger partial charge is 0.224 e. The van der Waals surface area contributed by atoms with Gasteiger partial charge in [0, 0.05) is 24.5 Å². The van der Waals surface area contributed by atoms with Crippen LogP contribution in [0.15, 0.2) is 42.7 Å². The fraction of sp³-hybridized carbons (Fsp3) is 0.429. The Morgan fingerprint density at radius 1 is 1.22 bits per heavy atom. The first-order valence-electron chi connectivity index (χ1n) is 9.15. The van der Waals surface area contributed by atoms with E-state index in [0.29, 0.717) is 18.3 Å². The lowest BCUT2D eigenvalue weighted by molar-refractivity contribution is -0.117. The molecule has 27 heavy (non-hydrogen) atoms. The van der Waals surface area contributed by atoms with Crippen molar-refractivity contribution in [3.63, 3.8) is 0 Å². The third-order valence-electron chi connectivity index (χ3n) is 5.17. The molecule has 1 aromatic carbocycles. The number of benzene rings is 1. The van der Waals surface area contributed by atoms with Gasteiger partial charge in [-0.1, -0.05) is 19.1 Å². The number of nitrogens with zero attached hydrogens (tertiary/aromatic N) is 1. The molecule has 3 rings (SSSR count). The van der Waals surface area contributed by atoms with Gasteiger partial charge in [0.25, 0.3) is 0 Å². The summed E-state index contributed by atoms with van der Waals surface area (Å²) in [6, 6.07) is 10.1. The van der Waals surface area contributed by atoms with E-state index in [1.165, 1.54) is 12.8 Å². The number of carbonyl (C=O) groups excluding carboxylic acids is 1. The van der Waals surface area contributed by atoms with E-state index in [9.17, 15) is 4.79 Å². The molecule has 2 unspecified atom stereocenters. The fourth-order valence-corrected chi connectivity index (χ4v) is 3.51. The first kappa shape index (κ1) is 23.4. The summed E-state index contributed by atoms with van der Waals surface area (Å²) < 4.78 is 0. The molecule has 2 N–H and O–H groups in total. The van der Waals surface area contributed by atoms with Crippen molar-refractivity contribution in [1.82, 2.24) is 10.3 Å². The maximum absolute atomic E-state index is 12.5. The molecule has 2 aromatic rings. The lowest BCUT2D eigenvalue weighted by Gasteiger charge is -2.28. The van der Waals surface area contributed by atoms with Crippen molar-refractivity contribution in [2.45, 2.75) is 33.1 Å². The molecule has 1 aliphatic rings. The number of carbonyl (C=O) groups is 1. The molecule has 0 spiro atoms. The first-order valence-corrected chi connectivity index (χ1v) is 9.15. The molecule has 0 radical (unpaired) electrons. The number of halogens is 2. The van der Waals surface area contributed by atoms with Crippen LogP contribution in [0.5, 0.6) is 0 Å². The first-order chi connectivity index (χ1) is 12.1. The van der Waals surface area contributed by atoms with Gasteiger partial charge < -0.3 is 10.6 Å². The molecule has 1 fully saturated rings. The summed E-state index contributed by atoms with van der Waals surface area (Å²) in [5.74, 6) is 1.10. The van der Waals surface area contributed by atoms with E-state index in [1.807, 2.05) is 19.1 Å². The highest BCUT2D eigenvalue weighted by molar-refractivity contribution is 5.92. The van der Waals surface area contributed by atoms with Crippen LogP contribution < -0.4 is 10.6 Å². The van der Waals surface area contributed by atoms with E-state index in [4.69, 9.17) is 0 Å². The van der Waals surface area contributed by atoms with Crippen LogP contribution in [0.3, 0.4) is 0 Å². The lowest BCUT2D eigenvalue weighted by atomic mass is 9.85. The second-order valence-corrected chi connectivity index (χ2v) is 7.10. The summed E-state index contributed by atoms with van der Waals surface area (Å²) in [6.07, 6.45) is 6.58. The number of amides is 1. The third kappa shape index (κ3) is 6.49. The molecule has 1 amide bonds. The fourth-order valence-electron chi connectivity index (χ4n) is 3.51. The zero-order valence-corrected chi connectivity index (χ0v) is 17.5. The molecular weight excluding hydrogens is 381 g/mol. The maximum atomic E-state index is 12.5. The van der Waals surface area contributed by atoms with Crippen molar-refractivity contribution < 1.29 is 4.79 Å². The van der Waals surface area contributed by atoms with Gasteiger partial charge in [-0.3, -0.25) is 9.78 Å². The average Bonchev–Trinajstić information content (AvgIpc) is 2.65. The van der Waals surface area contributed by atoms with Gasteiger partial charge in [0.15, 0.2) is 0 Å². The Kier molecular flexibility index (Phi) is 9.78. The van der Waals surface area contributed by atoms with Gasteiger partial charge in [0.1, 0.15) is 0 Å². The molecular formula is C21H29Cl2N3O. The van der Waals surface area contributed by atoms with Crippen molar-refractivity contribution in [2.24, 2.45) is 11.8 Å². The van der Waals surface area contributed by atoms with Gasteiger partial charge in [0.2, 0.25) is 5.91 Å². The van der Waals surface area contributed by atoms with Crippen molar-refractivity contribution in [3.05, 3.63) is 48.3 Å². The van der Waals surface area contributed by atoms with Crippen LogP contribution in [0.25, 0.3) is 11.1 Å². The molecule has 148 valence electrons. The number of aromatic nitrogens is 1. The van der Waals surface area contributed by atoms with Crippen LogP contribution in [0, 0.1) is 18.8 Å². The Bertz CT molecular complexity index is 719. The molecule has 1 aromatic heterocycles. The van der Waals surface area contributed by atoms with Crippen LogP contribution in [0.4, 0.5) is 5.69 Å². The van der Waals surface area contributed by atoms with E-state index >= 15 is 0 Å². The molecule has 1 aliphatic heterocycles. The summed E-state index contributed by atoms with van der Waals surface area (Å²) in [5, 5.41) is 6.55. The minimum atomic E-state index is 0. The van der Waals surface area contributed by atoms with Gasteiger partial charge in [0.05, 0.1) is 0 Å². The Hall–Kier alpha value is -1.62. The minimum Gasteiger partial charge on any atom is -0.326 e. The number of rotatable bonds is 5. The Labute approximate surface area is 174 Å². The Morgan fingerprint density at radius 3 is 2.63 bits per heavy atom. The van der Waals surface area contributed by atoms with Crippen molar-refractivity contribution in [2.75, 3.05) is 18.4 Å². The molecule has 4 nitrogen and oxygen atoms in total. The highest BCUT2D eigenvalue weighted by Crippen LogP contribution is 2.26. The van der Waals surface area contributed by atoms with Crippen LogP contribution in [-0.4, -0.2) is 24.0 Å². The largest absolute Gasteiger partial charge is 0.326 e. The summed E-state index contributed by atoms with van der Waals surface area (Å²) in [4.78, 5) is 16.6. The second kappa shape index (κ2) is 11.3. The predicted octanol–water partition coefficient (Wildman–Crippen LogP) is 4.86. The van der Waals surface area contributed by atoms with Crippen LogP contribution in [0.2, 0.25) is 0 Å². The molecule has 0 bridgehead atoms. The van der Waals surface area contributed by atoms with E-state index in [1.54, 1.807) is 12.4 Å². The SMILES string of the molecule is Cc1ccc(-c2ccncc2)cc1NC(=O)CC(C)C1CCCNC1.Cl.Cl. The van der Waals surface area contributed by atoms with Gasteiger partial charge >= 0.3 is 0 Å². The Morgan fingerprint density at radius 2 is 1.96 bits per heavy atom. The minimum absolute atomic E-state index is 0. The van der Waals surface area contributed by atoms with Gasteiger partial charge in [-0.15, -0.1) is 24.8 Å². The number of hydrogen-bond donors (Lipinski definition) is 2. The summed E-state index contributed by atoms with van der Waals surface area (Å²) in [7, 11) is 0. The highest BCUT2D eigenvalue weighted by Gasteiger charge is 2.22. The van der Waals surface area contributed by atoms with Gasteiger partial charge in [-0.05, 0) is 79.6 Å². The predicted molar refractivity (Wildman–Crippen MR) is 117 cm³/mol. The number of piperidine rings is 1. The molecule has 1 saturated heterocycles. The maximum Gasteiger partial charge on any atom is 0.224 e. The normalized spacial score (nSPS) is 17.2. The van der Waals surface area contributed by atoms with Gasteiger partial charge in [-0.2, -0.15) is 0 Å². The molecule has 2 heterocycles. The second-order valence-electron chi connectivity index (χ2n) is 7.10. The zero-order valence-electron chi connectivity index (χ0n) is 15.9. The van der Waals surface area contributed by atoms with E-state index < -0.39 is 0 Å². The molecule has 0 saturated carbocycles. The van der Waals surface area contributed by atoms with Gasteiger partial charge in [-0.25, -0.2) is 0 Å².